The number of nitrogens with zero attached hydrogens (tertiary/aromatic N) is 1. The molecule has 1 heterocycles. The van der Waals surface area contributed by atoms with Gasteiger partial charge in [-0.15, -0.1) is 0 Å². The first-order chi connectivity index (χ1) is 14.0. The van der Waals surface area contributed by atoms with Crippen molar-refractivity contribution in [2.75, 3.05) is 13.2 Å². The summed E-state index contributed by atoms with van der Waals surface area (Å²) in [6, 6.07) is 5.75. The number of barbiturate groups is 1. The number of carbonyl (C=O) groups excluding carboxylic acids is 4. The van der Waals surface area contributed by atoms with Gasteiger partial charge in [-0.25, -0.2) is 9.59 Å². The number of benzene rings is 1. The molecule has 1 aliphatic carbocycles. The van der Waals surface area contributed by atoms with Crippen molar-refractivity contribution in [2.24, 2.45) is 0 Å². The van der Waals surface area contributed by atoms with Crippen molar-refractivity contribution in [3.63, 3.8) is 0 Å². The normalized spacial score (nSPS) is 19.3. The van der Waals surface area contributed by atoms with Gasteiger partial charge in [-0.1, -0.05) is 31.4 Å². The van der Waals surface area contributed by atoms with Crippen LogP contribution in [0.25, 0.3) is 6.08 Å². The van der Waals surface area contributed by atoms with Crippen LogP contribution in [0.1, 0.15) is 44.6 Å². The number of nitrogens with one attached hydrogen (secondary N) is 1. The van der Waals surface area contributed by atoms with Crippen LogP contribution >= 0.6 is 0 Å². The highest BCUT2D eigenvalue weighted by atomic mass is 16.6. The fourth-order valence-electron chi connectivity index (χ4n) is 3.51. The number of hydrogen-bond donors (Lipinski definition) is 1. The first-order valence-electron chi connectivity index (χ1n) is 9.78. The molecule has 1 aromatic rings. The van der Waals surface area contributed by atoms with Crippen molar-refractivity contribution in [3.05, 3.63) is 35.4 Å². The van der Waals surface area contributed by atoms with E-state index in [0.29, 0.717) is 11.3 Å². The Labute approximate surface area is 168 Å². The molecule has 0 bridgehead atoms. The van der Waals surface area contributed by atoms with E-state index < -0.39 is 23.8 Å². The van der Waals surface area contributed by atoms with Crippen LogP contribution in [0.4, 0.5) is 4.79 Å². The monoisotopic (exact) mass is 400 g/mol. The number of ether oxygens (including phenoxy) is 2. The number of rotatable bonds is 6. The summed E-state index contributed by atoms with van der Waals surface area (Å²) in [5, 5.41) is 2.27. The smallest absolute Gasteiger partial charge is 0.344 e. The lowest BCUT2D eigenvalue weighted by atomic mass is 9.93. The topological polar surface area (TPSA) is 102 Å². The maximum Gasteiger partial charge on any atom is 0.344 e. The molecule has 8 nitrogen and oxygen atoms in total. The fourth-order valence-corrected chi connectivity index (χ4v) is 3.51. The molecule has 2 fully saturated rings. The number of imide groups is 2. The molecule has 0 radical (unpaired) electrons. The zero-order valence-corrected chi connectivity index (χ0v) is 16.3. The lowest BCUT2D eigenvalue weighted by Crippen LogP contribution is -2.58. The van der Waals surface area contributed by atoms with Crippen molar-refractivity contribution in [1.29, 1.82) is 0 Å². The van der Waals surface area contributed by atoms with Gasteiger partial charge in [0.2, 0.25) is 0 Å². The van der Waals surface area contributed by atoms with Crippen LogP contribution in [0.2, 0.25) is 0 Å². The highest BCUT2D eigenvalue weighted by Crippen LogP contribution is 2.26. The lowest BCUT2D eigenvalue weighted by Gasteiger charge is -2.35. The average Bonchev–Trinajstić information content (AvgIpc) is 2.71. The van der Waals surface area contributed by atoms with E-state index in [1.54, 1.807) is 31.2 Å². The maximum absolute atomic E-state index is 12.9. The van der Waals surface area contributed by atoms with Crippen molar-refractivity contribution in [1.82, 2.24) is 10.2 Å². The third-order valence-electron chi connectivity index (χ3n) is 4.93. The van der Waals surface area contributed by atoms with Gasteiger partial charge in [0.05, 0.1) is 6.61 Å². The molecule has 1 aromatic carbocycles. The molecule has 0 atom stereocenters. The van der Waals surface area contributed by atoms with Crippen LogP contribution in [0, 0.1) is 0 Å². The van der Waals surface area contributed by atoms with Gasteiger partial charge < -0.3 is 9.47 Å². The molecule has 1 aliphatic heterocycles. The molecule has 2 aliphatic rings. The summed E-state index contributed by atoms with van der Waals surface area (Å²) in [5.41, 5.74) is 0.528. The van der Waals surface area contributed by atoms with Crippen LogP contribution in [0.5, 0.6) is 5.75 Å². The van der Waals surface area contributed by atoms with E-state index in [0.717, 1.165) is 32.1 Å². The van der Waals surface area contributed by atoms with Gasteiger partial charge in [-0.3, -0.25) is 19.8 Å². The second-order valence-electron chi connectivity index (χ2n) is 6.95. The Morgan fingerprint density at radius 1 is 1.14 bits per heavy atom. The summed E-state index contributed by atoms with van der Waals surface area (Å²) in [7, 11) is 0. The molecule has 1 N–H and O–H groups in total. The number of hydrogen-bond acceptors (Lipinski definition) is 6. The fraction of sp³-hybridized carbons (Fsp3) is 0.429. The predicted molar refractivity (Wildman–Crippen MR) is 104 cm³/mol. The van der Waals surface area contributed by atoms with E-state index in [9.17, 15) is 19.2 Å². The average molecular weight is 400 g/mol. The maximum atomic E-state index is 12.9. The number of amides is 4. The van der Waals surface area contributed by atoms with E-state index in [1.165, 1.54) is 11.0 Å². The standard InChI is InChI=1S/C21H24N2O6/c1-2-28-18(24)13-29-16-10-8-14(9-11-16)12-17-19(25)22-21(27)23(20(17)26)15-6-4-3-5-7-15/h8-12,15H,2-7,13H2,1H3,(H,22,25,27). The Morgan fingerprint density at radius 2 is 1.83 bits per heavy atom. The van der Waals surface area contributed by atoms with Crippen LogP contribution < -0.4 is 10.1 Å². The zero-order chi connectivity index (χ0) is 20.8. The quantitative estimate of drug-likeness (QED) is 0.447. The minimum atomic E-state index is -0.699. The third kappa shape index (κ3) is 5.01. The molecular formula is C21H24N2O6. The minimum absolute atomic E-state index is 0.0737. The predicted octanol–water partition coefficient (Wildman–Crippen LogP) is 2.42. The van der Waals surface area contributed by atoms with Gasteiger partial charge >= 0.3 is 12.0 Å². The molecular weight excluding hydrogens is 376 g/mol. The molecule has 4 amide bonds. The van der Waals surface area contributed by atoms with Gasteiger partial charge in [0.25, 0.3) is 11.8 Å². The van der Waals surface area contributed by atoms with Crippen LogP contribution in [0.15, 0.2) is 29.8 Å². The number of carbonyl (C=O) groups is 4. The third-order valence-corrected chi connectivity index (χ3v) is 4.93. The van der Waals surface area contributed by atoms with Crippen molar-refractivity contribution in [3.8, 4) is 5.75 Å². The Balaban J connectivity index is 1.72. The second-order valence-corrected chi connectivity index (χ2v) is 6.95. The van der Waals surface area contributed by atoms with Gasteiger partial charge in [0, 0.05) is 6.04 Å². The molecule has 29 heavy (non-hydrogen) atoms. The Morgan fingerprint density at radius 3 is 2.48 bits per heavy atom. The lowest BCUT2D eigenvalue weighted by molar-refractivity contribution is -0.145. The first kappa shape index (κ1) is 20.6. The second kappa shape index (κ2) is 9.36. The van der Waals surface area contributed by atoms with Gasteiger partial charge in [-0.2, -0.15) is 0 Å². The van der Waals surface area contributed by atoms with Crippen molar-refractivity contribution < 1.29 is 28.7 Å². The zero-order valence-electron chi connectivity index (χ0n) is 16.3. The van der Waals surface area contributed by atoms with Gasteiger partial charge in [0.15, 0.2) is 6.61 Å². The first-order valence-corrected chi connectivity index (χ1v) is 9.78. The van der Waals surface area contributed by atoms with Crippen LogP contribution in [-0.4, -0.2) is 48.0 Å². The van der Waals surface area contributed by atoms with Crippen molar-refractivity contribution in [2.45, 2.75) is 45.1 Å². The van der Waals surface area contributed by atoms with E-state index in [2.05, 4.69) is 5.32 Å². The highest BCUT2D eigenvalue weighted by Gasteiger charge is 2.40. The van der Waals surface area contributed by atoms with Crippen molar-refractivity contribution >= 4 is 29.9 Å². The molecule has 0 aromatic heterocycles. The summed E-state index contributed by atoms with van der Waals surface area (Å²) in [4.78, 5) is 49.8. The molecule has 0 spiro atoms. The van der Waals surface area contributed by atoms with E-state index in [1.807, 2.05) is 0 Å². The van der Waals surface area contributed by atoms with E-state index >= 15 is 0 Å². The van der Waals surface area contributed by atoms with Gasteiger partial charge in [-0.05, 0) is 43.5 Å². The van der Waals surface area contributed by atoms with Crippen LogP contribution in [-0.2, 0) is 19.1 Å². The molecule has 1 saturated heterocycles. The molecule has 1 saturated carbocycles. The van der Waals surface area contributed by atoms with E-state index in [-0.39, 0.29) is 24.8 Å². The molecule has 8 heteroatoms. The van der Waals surface area contributed by atoms with Crippen LogP contribution in [0.3, 0.4) is 0 Å². The Hall–Kier alpha value is -3.16. The highest BCUT2D eigenvalue weighted by molar-refractivity contribution is 6.31. The molecule has 154 valence electrons. The molecule has 0 unspecified atom stereocenters. The van der Waals surface area contributed by atoms with E-state index in [4.69, 9.17) is 9.47 Å². The molecule has 3 rings (SSSR count). The van der Waals surface area contributed by atoms with Gasteiger partial charge in [0.1, 0.15) is 11.3 Å². The summed E-state index contributed by atoms with van der Waals surface area (Å²) in [6.07, 6.45) is 5.98. The number of urea groups is 1. The summed E-state index contributed by atoms with van der Waals surface area (Å²) < 4.78 is 10.1. The summed E-state index contributed by atoms with van der Waals surface area (Å²) in [6.45, 7) is 1.80. The summed E-state index contributed by atoms with van der Waals surface area (Å²) >= 11 is 0. The number of esters is 1. The largest absolute Gasteiger partial charge is 0.482 e. The Bertz CT molecular complexity index is 824. The SMILES string of the molecule is CCOC(=O)COc1ccc(C=C2C(=O)NC(=O)N(C3CCCCC3)C2=O)cc1. The summed E-state index contributed by atoms with van der Waals surface area (Å²) in [5.74, 6) is -1.27. The minimum Gasteiger partial charge on any atom is -0.482 e. The Kier molecular flexibility index (Phi) is 6.64.